The zero-order chi connectivity index (χ0) is 14.5. The van der Waals surface area contributed by atoms with Crippen LogP contribution in [0.25, 0.3) is 0 Å². The van der Waals surface area contributed by atoms with E-state index in [0.717, 1.165) is 19.4 Å². The van der Waals surface area contributed by atoms with Gasteiger partial charge >= 0.3 is 0 Å². The molecule has 5 heteroatoms. The van der Waals surface area contributed by atoms with Gasteiger partial charge in [-0.1, -0.05) is 29.8 Å². The van der Waals surface area contributed by atoms with Crippen molar-refractivity contribution in [2.45, 2.75) is 44.9 Å². The lowest BCUT2D eigenvalue weighted by Gasteiger charge is -2.16. The van der Waals surface area contributed by atoms with Crippen molar-refractivity contribution in [3.05, 3.63) is 28.5 Å². The number of rotatable bonds is 6. The molecule has 1 N–H and O–H groups in total. The first-order valence-electron chi connectivity index (χ1n) is 7.01. The third-order valence-electron chi connectivity index (χ3n) is 3.27. The number of nitrogens with one attached hydrogen (secondary N) is 1. The summed E-state index contributed by atoms with van der Waals surface area (Å²) in [7, 11) is 0. The van der Waals surface area contributed by atoms with Crippen LogP contribution in [0.4, 0.5) is 4.39 Å². The van der Waals surface area contributed by atoms with E-state index in [2.05, 4.69) is 35.1 Å². The molecule has 20 heavy (non-hydrogen) atoms. The standard InChI is InChI=1S/C15H21BrFNO2/c1-10(2)18-8-12-4-5-13(20-12)9-19-15-6-3-11(16)7-14(15)17/h3,6-7,10,12-13,18H,4-5,8-9H2,1-2H3. The Labute approximate surface area is 128 Å². The summed E-state index contributed by atoms with van der Waals surface area (Å²) < 4.78 is 25.7. The van der Waals surface area contributed by atoms with Crippen LogP contribution in [-0.2, 0) is 4.74 Å². The second kappa shape index (κ2) is 7.38. The number of ether oxygens (including phenoxy) is 2. The Morgan fingerprint density at radius 3 is 2.85 bits per heavy atom. The maximum absolute atomic E-state index is 13.6. The Morgan fingerprint density at radius 2 is 2.15 bits per heavy atom. The number of halogens is 2. The van der Waals surface area contributed by atoms with Crippen molar-refractivity contribution in [3.63, 3.8) is 0 Å². The Bertz CT molecular complexity index is 442. The average molecular weight is 346 g/mol. The van der Waals surface area contributed by atoms with Crippen molar-refractivity contribution in [3.8, 4) is 5.75 Å². The summed E-state index contributed by atoms with van der Waals surface area (Å²) in [6.07, 6.45) is 2.27. The zero-order valence-electron chi connectivity index (χ0n) is 11.9. The predicted octanol–water partition coefficient (Wildman–Crippen LogP) is 3.51. The molecule has 2 rings (SSSR count). The number of benzene rings is 1. The van der Waals surface area contributed by atoms with Crippen molar-refractivity contribution in [1.82, 2.24) is 5.32 Å². The van der Waals surface area contributed by atoms with Gasteiger partial charge in [0.05, 0.1) is 12.2 Å². The summed E-state index contributed by atoms with van der Waals surface area (Å²) in [4.78, 5) is 0. The molecule has 1 aromatic carbocycles. The van der Waals surface area contributed by atoms with Crippen LogP contribution < -0.4 is 10.1 Å². The van der Waals surface area contributed by atoms with Crippen LogP contribution in [0, 0.1) is 5.82 Å². The first-order chi connectivity index (χ1) is 9.54. The minimum Gasteiger partial charge on any atom is -0.488 e. The van der Waals surface area contributed by atoms with E-state index in [1.807, 2.05) is 0 Å². The molecule has 112 valence electrons. The van der Waals surface area contributed by atoms with Gasteiger partial charge in [0, 0.05) is 17.1 Å². The lowest BCUT2D eigenvalue weighted by Crippen LogP contribution is -2.32. The Morgan fingerprint density at radius 1 is 1.40 bits per heavy atom. The highest BCUT2D eigenvalue weighted by Gasteiger charge is 2.25. The van der Waals surface area contributed by atoms with Gasteiger partial charge in [0.1, 0.15) is 6.61 Å². The molecule has 1 fully saturated rings. The molecule has 3 nitrogen and oxygen atoms in total. The number of hydrogen-bond acceptors (Lipinski definition) is 3. The maximum atomic E-state index is 13.6. The molecule has 0 radical (unpaired) electrons. The van der Waals surface area contributed by atoms with Crippen LogP contribution in [0.15, 0.2) is 22.7 Å². The predicted molar refractivity (Wildman–Crippen MR) is 80.6 cm³/mol. The second-order valence-corrected chi connectivity index (χ2v) is 6.32. The van der Waals surface area contributed by atoms with E-state index in [9.17, 15) is 4.39 Å². The molecule has 2 atom stereocenters. The summed E-state index contributed by atoms with van der Waals surface area (Å²) in [5, 5.41) is 3.37. The fraction of sp³-hybridized carbons (Fsp3) is 0.600. The van der Waals surface area contributed by atoms with Crippen LogP contribution in [0.2, 0.25) is 0 Å². The van der Waals surface area contributed by atoms with Crippen LogP contribution in [0.5, 0.6) is 5.75 Å². The Kier molecular flexibility index (Phi) is 5.81. The molecule has 1 aliphatic heterocycles. The lowest BCUT2D eigenvalue weighted by atomic mass is 10.2. The van der Waals surface area contributed by atoms with Crippen LogP contribution in [0.3, 0.4) is 0 Å². The van der Waals surface area contributed by atoms with E-state index < -0.39 is 0 Å². The Hall–Kier alpha value is -0.650. The van der Waals surface area contributed by atoms with E-state index in [-0.39, 0.29) is 23.8 Å². The van der Waals surface area contributed by atoms with Crippen molar-refractivity contribution in [1.29, 1.82) is 0 Å². The van der Waals surface area contributed by atoms with E-state index in [1.165, 1.54) is 6.07 Å². The molecule has 0 amide bonds. The monoisotopic (exact) mass is 345 g/mol. The van der Waals surface area contributed by atoms with Gasteiger partial charge in [-0.05, 0) is 31.0 Å². The van der Waals surface area contributed by atoms with Gasteiger partial charge in [0.25, 0.3) is 0 Å². The van der Waals surface area contributed by atoms with Crippen LogP contribution in [0.1, 0.15) is 26.7 Å². The molecule has 1 aliphatic rings. The molecule has 0 aromatic heterocycles. The summed E-state index contributed by atoms with van der Waals surface area (Å²) >= 11 is 3.22. The third kappa shape index (κ3) is 4.72. The fourth-order valence-corrected chi connectivity index (χ4v) is 2.53. The van der Waals surface area contributed by atoms with E-state index in [0.29, 0.717) is 17.1 Å². The highest BCUT2D eigenvalue weighted by Crippen LogP contribution is 2.24. The largest absolute Gasteiger partial charge is 0.488 e. The summed E-state index contributed by atoms with van der Waals surface area (Å²) in [6, 6.07) is 5.26. The smallest absolute Gasteiger partial charge is 0.166 e. The molecule has 0 aliphatic carbocycles. The van der Waals surface area contributed by atoms with Gasteiger partial charge in [0.2, 0.25) is 0 Å². The quantitative estimate of drug-likeness (QED) is 0.855. The summed E-state index contributed by atoms with van der Waals surface area (Å²) in [5.41, 5.74) is 0. The lowest BCUT2D eigenvalue weighted by molar-refractivity contribution is 0.0171. The molecule has 1 aromatic rings. The highest BCUT2D eigenvalue weighted by atomic mass is 79.9. The molecular weight excluding hydrogens is 325 g/mol. The van der Waals surface area contributed by atoms with Crippen molar-refractivity contribution < 1.29 is 13.9 Å². The minimum atomic E-state index is -0.351. The second-order valence-electron chi connectivity index (χ2n) is 5.41. The number of hydrogen-bond donors (Lipinski definition) is 1. The van der Waals surface area contributed by atoms with Crippen LogP contribution in [-0.4, -0.2) is 31.4 Å². The normalized spacial score (nSPS) is 22.4. The fourth-order valence-electron chi connectivity index (χ4n) is 2.19. The van der Waals surface area contributed by atoms with Gasteiger partial charge in [-0.2, -0.15) is 0 Å². The van der Waals surface area contributed by atoms with Gasteiger partial charge < -0.3 is 14.8 Å². The first-order valence-corrected chi connectivity index (χ1v) is 7.80. The van der Waals surface area contributed by atoms with Crippen molar-refractivity contribution in [2.24, 2.45) is 0 Å². The topological polar surface area (TPSA) is 30.5 Å². The molecule has 1 heterocycles. The zero-order valence-corrected chi connectivity index (χ0v) is 13.5. The molecule has 0 saturated carbocycles. The van der Waals surface area contributed by atoms with Gasteiger partial charge in [0.15, 0.2) is 11.6 Å². The maximum Gasteiger partial charge on any atom is 0.166 e. The third-order valence-corrected chi connectivity index (χ3v) is 3.76. The van der Waals surface area contributed by atoms with Gasteiger partial charge in [-0.15, -0.1) is 0 Å². The molecule has 2 unspecified atom stereocenters. The molecular formula is C15H21BrFNO2. The van der Waals surface area contributed by atoms with Gasteiger partial charge in [-0.25, -0.2) is 4.39 Å². The van der Waals surface area contributed by atoms with E-state index >= 15 is 0 Å². The summed E-state index contributed by atoms with van der Waals surface area (Å²) in [6.45, 7) is 5.50. The van der Waals surface area contributed by atoms with Crippen molar-refractivity contribution >= 4 is 15.9 Å². The molecule has 0 bridgehead atoms. The van der Waals surface area contributed by atoms with E-state index in [4.69, 9.17) is 9.47 Å². The minimum absolute atomic E-state index is 0.0528. The Balaban J connectivity index is 1.75. The summed E-state index contributed by atoms with van der Waals surface area (Å²) in [5.74, 6) is -0.0732. The average Bonchev–Trinajstić information content (AvgIpc) is 2.83. The highest BCUT2D eigenvalue weighted by molar-refractivity contribution is 9.10. The molecule has 1 saturated heterocycles. The first kappa shape index (κ1) is 15.7. The molecule has 0 spiro atoms. The van der Waals surface area contributed by atoms with Crippen LogP contribution >= 0.6 is 15.9 Å². The van der Waals surface area contributed by atoms with Crippen molar-refractivity contribution in [2.75, 3.05) is 13.2 Å². The van der Waals surface area contributed by atoms with Gasteiger partial charge in [-0.3, -0.25) is 0 Å². The SMILES string of the molecule is CC(C)NCC1CCC(COc2ccc(Br)cc2F)O1. The van der Waals surface area contributed by atoms with E-state index in [1.54, 1.807) is 12.1 Å².